The molecule has 2 N–H and O–H groups in total. The Balaban J connectivity index is 1.43. The molecule has 4 aromatic rings. The van der Waals surface area contributed by atoms with Gasteiger partial charge >= 0.3 is 0 Å². The van der Waals surface area contributed by atoms with Crippen molar-refractivity contribution in [1.82, 2.24) is 4.57 Å². The molecule has 0 atom stereocenters. The summed E-state index contributed by atoms with van der Waals surface area (Å²) in [4.78, 5) is 0. The minimum absolute atomic E-state index is 0.430. The van der Waals surface area contributed by atoms with Crippen LogP contribution in [0.2, 0.25) is 0 Å². The van der Waals surface area contributed by atoms with Crippen LogP contribution in [-0.4, -0.2) is 27.7 Å². The van der Waals surface area contributed by atoms with Crippen molar-refractivity contribution in [3.63, 3.8) is 0 Å². The van der Waals surface area contributed by atoms with E-state index < -0.39 is 6.29 Å². The molecule has 0 aliphatic heterocycles. The Hall–Kier alpha value is -1.86. The molecule has 0 spiro atoms. The largest absolute Gasteiger partial charge is 0.494 e. The van der Waals surface area contributed by atoms with E-state index >= 15 is 0 Å². The molecule has 4 nitrogen and oxygen atoms in total. The number of ether oxygens (including phenoxy) is 1. The van der Waals surface area contributed by atoms with Crippen molar-refractivity contribution >= 4 is 43.1 Å². The Labute approximate surface area is 159 Å². The van der Waals surface area contributed by atoms with Gasteiger partial charge in [0.15, 0.2) is 6.29 Å². The molecule has 3 aromatic heterocycles. The summed E-state index contributed by atoms with van der Waals surface area (Å²) < 4.78 is 10.8. The van der Waals surface area contributed by atoms with Crippen molar-refractivity contribution in [2.24, 2.45) is 0 Å². The maximum Gasteiger partial charge on any atom is 0.151 e. The standard InChI is InChI=1S/C20H21NO3S2/c22-18(23)4-2-1-3-11-24-15-7-5-14(6-8-15)21-16-9-12-25-19(16)20-17(21)10-13-26-20/h5-10,12-13,18,22-23H,1-4,11H2. The van der Waals surface area contributed by atoms with Crippen molar-refractivity contribution in [3.05, 3.63) is 47.2 Å². The zero-order valence-corrected chi connectivity index (χ0v) is 15.9. The topological polar surface area (TPSA) is 54.6 Å². The van der Waals surface area contributed by atoms with E-state index in [-0.39, 0.29) is 0 Å². The lowest BCUT2D eigenvalue weighted by Gasteiger charge is -2.09. The fraction of sp³-hybridized carbons (Fsp3) is 0.300. The number of aromatic nitrogens is 1. The van der Waals surface area contributed by atoms with Gasteiger partial charge in [0, 0.05) is 5.69 Å². The van der Waals surface area contributed by atoms with Crippen LogP contribution in [-0.2, 0) is 0 Å². The van der Waals surface area contributed by atoms with Gasteiger partial charge in [-0.1, -0.05) is 0 Å². The second kappa shape index (κ2) is 7.80. The minimum atomic E-state index is -1.19. The van der Waals surface area contributed by atoms with Crippen molar-refractivity contribution in [1.29, 1.82) is 0 Å². The summed E-state index contributed by atoms with van der Waals surface area (Å²) in [5.41, 5.74) is 3.67. The highest BCUT2D eigenvalue weighted by molar-refractivity contribution is 7.25. The van der Waals surface area contributed by atoms with E-state index in [1.807, 2.05) is 12.1 Å². The highest BCUT2D eigenvalue weighted by Gasteiger charge is 2.14. The van der Waals surface area contributed by atoms with Gasteiger partial charge < -0.3 is 19.5 Å². The normalized spacial score (nSPS) is 11.8. The molecule has 6 heteroatoms. The maximum absolute atomic E-state index is 8.82. The first-order valence-corrected chi connectivity index (χ1v) is 10.5. The van der Waals surface area contributed by atoms with Gasteiger partial charge in [-0.3, -0.25) is 0 Å². The first-order valence-electron chi connectivity index (χ1n) is 8.78. The summed E-state index contributed by atoms with van der Waals surface area (Å²) in [6, 6.07) is 12.6. The van der Waals surface area contributed by atoms with E-state index in [1.54, 1.807) is 22.7 Å². The second-order valence-corrected chi connectivity index (χ2v) is 8.11. The monoisotopic (exact) mass is 387 g/mol. The van der Waals surface area contributed by atoms with Crippen molar-refractivity contribution in [3.8, 4) is 11.4 Å². The average Bonchev–Trinajstić information content (AvgIpc) is 3.32. The third-order valence-corrected chi connectivity index (χ3v) is 6.42. The van der Waals surface area contributed by atoms with Crippen molar-refractivity contribution < 1.29 is 14.9 Å². The Morgan fingerprint density at radius 3 is 2.12 bits per heavy atom. The number of fused-ring (bicyclic) bond motifs is 3. The molecule has 0 unspecified atom stereocenters. The number of unbranched alkanes of at least 4 members (excludes halogenated alkanes) is 2. The molecule has 26 heavy (non-hydrogen) atoms. The van der Waals surface area contributed by atoms with Crippen LogP contribution < -0.4 is 4.74 Å². The van der Waals surface area contributed by atoms with Gasteiger partial charge in [0.1, 0.15) is 5.75 Å². The number of aliphatic hydroxyl groups is 2. The summed E-state index contributed by atoms with van der Waals surface area (Å²) in [5, 5.41) is 21.9. The number of nitrogens with zero attached hydrogens (tertiary/aromatic N) is 1. The average molecular weight is 388 g/mol. The Morgan fingerprint density at radius 2 is 1.50 bits per heavy atom. The van der Waals surface area contributed by atoms with Gasteiger partial charge in [-0.2, -0.15) is 0 Å². The predicted octanol–water partition coefficient (Wildman–Crippen LogP) is 5.16. The van der Waals surface area contributed by atoms with Crippen LogP contribution in [0.15, 0.2) is 47.2 Å². The number of thiophene rings is 2. The van der Waals surface area contributed by atoms with E-state index in [4.69, 9.17) is 14.9 Å². The Morgan fingerprint density at radius 1 is 0.846 bits per heavy atom. The van der Waals surface area contributed by atoms with E-state index in [1.165, 1.54) is 20.4 Å². The molecule has 0 radical (unpaired) electrons. The highest BCUT2D eigenvalue weighted by Crippen LogP contribution is 2.38. The van der Waals surface area contributed by atoms with Gasteiger partial charge in [-0.15, -0.1) is 22.7 Å². The molecule has 0 aliphatic rings. The van der Waals surface area contributed by atoms with Crippen LogP contribution in [0.25, 0.3) is 26.1 Å². The summed E-state index contributed by atoms with van der Waals surface area (Å²) in [6.45, 7) is 0.647. The van der Waals surface area contributed by atoms with E-state index in [0.717, 1.165) is 30.7 Å². The predicted molar refractivity (Wildman–Crippen MR) is 109 cm³/mol. The maximum atomic E-state index is 8.82. The third-order valence-electron chi connectivity index (χ3n) is 4.45. The lowest BCUT2D eigenvalue weighted by molar-refractivity contribution is -0.0466. The van der Waals surface area contributed by atoms with Crippen LogP contribution in [0.3, 0.4) is 0 Å². The smallest absolute Gasteiger partial charge is 0.151 e. The second-order valence-electron chi connectivity index (χ2n) is 6.28. The number of rotatable bonds is 8. The van der Waals surface area contributed by atoms with E-state index in [2.05, 4.69) is 39.6 Å². The molecule has 0 saturated heterocycles. The molecule has 4 rings (SSSR count). The van der Waals surface area contributed by atoms with Crippen LogP contribution in [0.1, 0.15) is 25.7 Å². The zero-order chi connectivity index (χ0) is 17.9. The summed E-state index contributed by atoms with van der Waals surface area (Å²) in [5.74, 6) is 0.867. The van der Waals surface area contributed by atoms with Crippen molar-refractivity contribution in [2.45, 2.75) is 32.0 Å². The minimum Gasteiger partial charge on any atom is -0.494 e. The van der Waals surface area contributed by atoms with Crippen LogP contribution in [0, 0.1) is 0 Å². The number of hydrogen-bond donors (Lipinski definition) is 2. The number of aliphatic hydroxyl groups excluding tert-OH is 1. The summed E-state index contributed by atoms with van der Waals surface area (Å²) in [6.07, 6.45) is 1.89. The molecule has 0 bridgehead atoms. The number of hydrogen-bond acceptors (Lipinski definition) is 5. The van der Waals surface area contributed by atoms with Crippen LogP contribution in [0.5, 0.6) is 5.75 Å². The third kappa shape index (κ3) is 3.50. The van der Waals surface area contributed by atoms with Gasteiger partial charge in [0.2, 0.25) is 0 Å². The molecular weight excluding hydrogens is 366 g/mol. The molecule has 1 aromatic carbocycles. The van der Waals surface area contributed by atoms with Gasteiger partial charge in [0.25, 0.3) is 0 Å². The van der Waals surface area contributed by atoms with Crippen LogP contribution >= 0.6 is 22.7 Å². The summed E-state index contributed by atoms with van der Waals surface area (Å²) in [7, 11) is 0. The lowest BCUT2D eigenvalue weighted by atomic mass is 10.2. The molecular formula is C20H21NO3S2. The Kier molecular flexibility index (Phi) is 5.26. The first-order chi connectivity index (χ1) is 12.7. The fourth-order valence-electron chi connectivity index (χ4n) is 3.19. The van der Waals surface area contributed by atoms with Gasteiger partial charge in [-0.05, 0) is 72.8 Å². The van der Waals surface area contributed by atoms with E-state index in [9.17, 15) is 0 Å². The van der Waals surface area contributed by atoms with Gasteiger partial charge in [0.05, 0.1) is 27.0 Å². The van der Waals surface area contributed by atoms with Gasteiger partial charge in [-0.25, -0.2) is 0 Å². The first kappa shape index (κ1) is 17.5. The highest BCUT2D eigenvalue weighted by atomic mass is 32.1. The molecule has 0 aliphatic carbocycles. The molecule has 0 fully saturated rings. The molecule has 136 valence electrons. The zero-order valence-electron chi connectivity index (χ0n) is 14.3. The molecule has 0 amide bonds. The van der Waals surface area contributed by atoms with Crippen molar-refractivity contribution in [2.75, 3.05) is 6.61 Å². The summed E-state index contributed by atoms with van der Waals surface area (Å²) >= 11 is 3.59. The van der Waals surface area contributed by atoms with Crippen LogP contribution in [0.4, 0.5) is 0 Å². The Bertz CT molecular complexity index is 934. The quantitative estimate of drug-likeness (QED) is 0.324. The molecule has 0 saturated carbocycles. The van der Waals surface area contributed by atoms with E-state index in [0.29, 0.717) is 13.0 Å². The molecule has 3 heterocycles. The number of benzene rings is 1. The lowest BCUT2D eigenvalue weighted by Crippen LogP contribution is -2.04. The SMILES string of the molecule is OC(O)CCCCCOc1ccc(-n2c3ccsc3c3sccc32)cc1. The fourth-order valence-corrected chi connectivity index (χ4v) is 5.13.